The second-order valence-corrected chi connectivity index (χ2v) is 17.6. The molecule has 0 saturated carbocycles. The number of hydrogen-bond acceptors (Lipinski definition) is 0. The van der Waals surface area contributed by atoms with Crippen LogP contribution in [0, 0.1) is 24.7 Å². The van der Waals surface area contributed by atoms with E-state index in [0.717, 1.165) is 32.1 Å². The van der Waals surface area contributed by atoms with Gasteiger partial charge in [0.1, 0.15) is 0 Å². The van der Waals surface area contributed by atoms with Gasteiger partial charge in [-0.1, -0.05) is 19.9 Å². The van der Waals surface area contributed by atoms with Gasteiger partial charge in [-0.2, -0.15) is 0 Å². The van der Waals surface area contributed by atoms with Crippen molar-refractivity contribution in [2.75, 3.05) is 0 Å². The molecule has 0 aromatic heterocycles. The van der Waals surface area contributed by atoms with Gasteiger partial charge in [0.15, 0.2) is 0 Å². The van der Waals surface area contributed by atoms with Gasteiger partial charge in [-0.25, -0.2) is 0 Å². The van der Waals surface area contributed by atoms with Crippen molar-refractivity contribution in [1.29, 1.82) is 0 Å². The van der Waals surface area contributed by atoms with E-state index in [9.17, 15) is 0 Å². The third-order valence-corrected chi connectivity index (χ3v) is 11.7. The Hall–Kier alpha value is -2.58. The van der Waals surface area contributed by atoms with Gasteiger partial charge in [-0.15, -0.1) is 0 Å². The van der Waals surface area contributed by atoms with Gasteiger partial charge < -0.3 is 0 Å². The predicted octanol–water partition coefficient (Wildman–Crippen LogP) is 8.77. The summed E-state index contributed by atoms with van der Waals surface area (Å²) in [6, 6.07) is 33.4. The molecule has 0 unspecified atom stereocenters. The zero-order valence-electron chi connectivity index (χ0n) is 26.8. The van der Waals surface area contributed by atoms with Crippen LogP contribution in [-0.4, -0.2) is 15.4 Å². The van der Waals surface area contributed by atoms with Gasteiger partial charge in [0.2, 0.25) is 0 Å². The van der Waals surface area contributed by atoms with E-state index in [1.807, 2.05) is 0 Å². The van der Waals surface area contributed by atoms with E-state index < -0.39 is 15.4 Å². The summed E-state index contributed by atoms with van der Waals surface area (Å²) in [5, 5.41) is 1.28. The fraction of sp³-hybridized carbons (Fsp3) is 0.400. The first kappa shape index (κ1) is 31.4. The molecule has 4 aromatic carbocycles. The van der Waals surface area contributed by atoms with Gasteiger partial charge in [-0.05, 0) is 19.3 Å². The fourth-order valence-electron chi connectivity index (χ4n) is 6.35. The van der Waals surface area contributed by atoms with Crippen LogP contribution in [0.4, 0.5) is 0 Å². The van der Waals surface area contributed by atoms with Crippen LogP contribution in [0.25, 0.3) is 0 Å². The van der Waals surface area contributed by atoms with Crippen molar-refractivity contribution in [2.45, 2.75) is 85.8 Å². The normalized spacial score (nSPS) is 12.0. The summed E-state index contributed by atoms with van der Waals surface area (Å²) in [5.41, 5.74) is 13.3. The fourth-order valence-corrected chi connectivity index (χ4v) is 9.44. The maximum absolute atomic E-state index is 2.52. The molecule has 4 rings (SSSR count). The monoisotopic (exact) mass is 606 g/mol. The molecule has 0 aliphatic carbocycles. The van der Waals surface area contributed by atoms with Crippen molar-refractivity contribution in [3.05, 3.63) is 135 Å². The van der Waals surface area contributed by atoms with Crippen molar-refractivity contribution in [3.63, 3.8) is 0 Å². The minimum atomic E-state index is -0.804. The Kier molecular flexibility index (Phi) is 11.5. The van der Waals surface area contributed by atoms with Gasteiger partial charge in [0.05, 0.1) is 0 Å². The third-order valence-electron chi connectivity index (χ3n) is 7.72. The second-order valence-electron chi connectivity index (χ2n) is 13.8. The van der Waals surface area contributed by atoms with E-state index in [-0.39, 0.29) is 0 Å². The minimum Gasteiger partial charge on any atom is -0.0625 e. The molecule has 216 valence electrons. The summed E-state index contributed by atoms with van der Waals surface area (Å²) in [7, 11) is 0. The molecule has 0 aliphatic heterocycles. The molecule has 0 radical (unpaired) electrons. The first-order valence-corrected chi connectivity index (χ1v) is 19.6. The molecule has 0 N–H and O–H groups in total. The van der Waals surface area contributed by atoms with Crippen molar-refractivity contribution in [2.24, 2.45) is 17.8 Å². The van der Waals surface area contributed by atoms with Crippen molar-refractivity contribution in [3.8, 4) is 0 Å². The molecule has 0 saturated heterocycles. The Labute approximate surface area is 257 Å². The average Bonchev–Trinajstić information content (AvgIpc) is 2.86. The molecule has 0 bridgehead atoms. The number of hydrogen-bond donors (Lipinski definition) is 0. The Morgan fingerprint density at radius 2 is 0.829 bits per heavy atom. The van der Waals surface area contributed by atoms with E-state index in [2.05, 4.69) is 133 Å². The van der Waals surface area contributed by atoms with E-state index in [1.165, 1.54) is 49.8 Å². The molecule has 0 nitrogen and oxygen atoms in total. The van der Waals surface area contributed by atoms with Crippen molar-refractivity contribution in [1.82, 2.24) is 0 Å². The summed E-state index contributed by atoms with van der Waals surface area (Å²) >= 11 is -0.804. The van der Waals surface area contributed by atoms with Gasteiger partial charge in [-0.3, -0.25) is 0 Å². The van der Waals surface area contributed by atoms with Crippen molar-refractivity contribution < 1.29 is 0 Å². The van der Waals surface area contributed by atoms with E-state index in [0.29, 0.717) is 17.8 Å². The molecule has 0 atom stereocenters. The van der Waals surface area contributed by atoms with Gasteiger partial charge >= 0.3 is 219 Å². The van der Waals surface area contributed by atoms with Crippen LogP contribution < -0.4 is 4.40 Å². The Balaban J connectivity index is 1.62. The molecule has 41 heavy (non-hydrogen) atoms. The molecular formula is C40H52Ge. The molecule has 0 spiro atoms. The standard InChI is InChI=1S/C40H52Ge/c1-28(2)13-32-16-31(7)17-35(18-32)22-36-19-33(14-29(3)4)20-37(23-36)24-38-21-34(15-30(5)6)25-39(26-38)27-41-40-11-9-8-10-12-40/h8-12,16-21,23,25-26,28-30H,13-15,22,24,27,41H2,1-7H3. The van der Waals surface area contributed by atoms with Crippen LogP contribution in [0.15, 0.2) is 84.9 Å². The number of rotatable bonds is 13. The zero-order chi connectivity index (χ0) is 29.4. The Morgan fingerprint density at radius 3 is 1.32 bits per heavy atom. The summed E-state index contributed by atoms with van der Waals surface area (Å²) in [6.45, 7) is 16.2. The molecule has 0 amide bonds. The Morgan fingerprint density at radius 1 is 0.463 bits per heavy atom. The average molecular weight is 605 g/mol. The van der Waals surface area contributed by atoms with E-state index >= 15 is 0 Å². The van der Waals surface area contributed by atoms with E-state index in [1.54, 1.807) is 9.96 Å². The first-order chi connectivity index (χ1) is 19.6. The first-order valence-electron chi connectivity index (χ1n) is 16.0. The van der Waals surface area contributed by atoms with Crippen molar-refractivity contribution >= 4 is 19.8 Å². The zero-order valence-corrected chi connectivity index (χ0v) is 29.7. The summed E-state index contributed by atoms with van der Waals surface area (Å²) in [5.74, 6) is 2.00. The van der Waals surface area contributed by atoms with Crippen LogP contribution >= 0.6 is 0 Å². The van der Waals surface area contributed by atoms with E-state index in [4.69, 9.17) is 0 Å². The molecular weight excluding hydrogens is 553 g/mol. The quantitative estimate of drug-likeness (QED) is 0.134. The summed E-state index contributed by atoms with van der Waals surface area (Å²) in [6.07, 6.45) is 5.47. The van der Waals surface area contributed by atoms with Crippen LogP contribution in [0.2, 0.25) is 0 Å². The topological polar surface area (TPSA) is 0 Å². The van der Waals surface area contributed by atoms with Crippen LogP contribution in [0.1, 0.15) is 91.6 Å². The molecule has 1 heteroatoms. The Bertz CT molecular complexity index is 1390. The number of benzene rings is 4. The summed E-state index contributed by atoms with van der Waals surface area (Å²) < 4.78 is 1.61. The number of aryl methyl sites for hydroxylation is 1. The smallest absolute Gasteiger partial charge is 0.0625 e. The van der Waals surface area contributed by atoms with Crippen LogP contribution in [-0.2, 0) is 37.4 Å². The van der Waals surface area contributed by atoms with Crippen LogP contribution in [0.3, 0.4) is 0 Å². The predicted molar refractivity (Wildman–Crippen MR) is 184 cm³/mol. The molecule has 0 aliphatic rings. The van der Waals surface area contributed by atoms with Gasteiger partial charge in [0.25, 0.3) is 0 Å². The summed E-state index contributed by atoms with van der Waals surface area (Å²) in [4.78, 5) is 0. The SMILES string of the molecule is Cc1cc(Cc2cc(Cc3cc([CH2][GeH2][c]4ccccc4)cc(CC(C)C)c3)cc(CC(C)C)c2)cc(CC(C)C)c1. The molecule has 0 fully saturated rings. The van der Waals surface area contributed by atoms with Gasteiger partial charge in [0, 0.05) is 0 Å². The maximum atomic E-state index is 2.52. The molecule has 4 aromatic rings. The van der Waals surface area contributed by atoms with Crippen LogP contribution in [0.5, 0.6) is 0 Å². The molecule has 0 heterocycles. The minimum absolute atomic E-state index is 0.653. The third kappa shape index (κ3) is 10.6. The second kappa shape index (κ2) is 15.1.